The number of aromatic amines is 1. The normalized spacial score (nSPS) is 10.3. The van der Waals surface area contributed by atoms with Crippen molar-refractivity contribution < 1.29 is 4.74 Å². The second-order valence-corrected chi connectivity index (χ2v) is 3.51. The summed E-state index contributed by atoms with van der Waals surface area (Å²) in [5.41, 5.74) is 3.51. The van der Waals surface area contributed by atoms with E-state index in [1.807, 2.05) is 19.1 Å². The van der Waals surface area contributed by atoms with Gasteiger partial charge in [-0.15, -0.1) is 0 Å². The number of aromatic nitrogens is 1. The van der Waals surface area contributed by atoms with E-state index in [0.717, 1.165) is 11.4 Å². The van der Waals surface area contributed by atoms with Gasteiger partial charge in [0.25, 0.3) is 0 Å². The fourth-order valence-corrected chi connectivity index (χ4v) is 1.57. The van der Waals surface area contributed by atoms with Crippen LogP contribution in [0.4, 0.5) is 0 Å². The van der Waals surface area contributed by atoms with Crippen LogP contribution >= 0.6 is 0 Å². The molecule has 1 aromatic carbocycles. The minimum absolute atomic E-state index is 0.709. The number of rotatable bonds is 3. The molecule has 1 N–H and O–H groups in total. The van der Waals surface area contributed by atoms with Gasteiger partial charge in [-0.2, -0.15) is 0 Å². The summed E-state index contributed by atoms with van der Waals surface area (Å²) >= 11 is 0. The van der Waals surface area contributed by atoms with Crippen molar-refractivity contribution in [3.63, 3.8) is 0 Å². The van der Waals surface area contributed by atoms with E-state index in [0.29, 0.717) is 6.61 Å². The van der Waals surface area contributed by atoms with Crippen LogP contribution in [0.1, 0.15) is 12.6 Å². The van der Waals surface area contributed by atoms with Crippen molar-refractivity contribution >= 4 is 0 Å². The van der Waals surface area contributed by atoms with Gasteiger partial charge in [0.05, 0.1) is 6.61 Å². The predicted octanol–water partition coefficient (Wildman–Crippen LogP) is 3.39. The molecular formula is C13H15NO. The molecule has 0 radical (unpaired) electrons. The molecule has 0 bridgehead atoms. The summed E-state index contributed by atoms with van der Waals surface area (Å²) in [4.78, 5) is 3.30. The Balaban J connectivity index is 2.23. The second-order valence-electron chi connectivity index (χ2n) is 3.51. The van der Waals surface area contributed by atoms with E-state index < -0.39 is 0 Å². The van der Waals surface area contributed by atoms with E-state index in [1.165, 1.54) is 11.3 Å². The van der Waals surface area contributed by atoms with Gasteiger partial charge < -0.3 is 9.72 Å². The highest BCUT2D eigenvalue weighted by Crippen LogP contribution is 2.21. The number of H-pyrrole nitrogens is 1. The van der Waals surface area contributed by atoms with Crippen molar-refractivity contribution in [2.45, 2.75) is 13.8 Å². The van der Waals surface area contributed by atoms with Gasteiger partial charge in [0.15, 0.2) is 0 Å². The molecule has 0 amide bonds. The third kappa shape index (κ3) is 2.21. The van der Waals surface area contributed by atoms with E-state index in [-0.39, 0.29) is 0 Å². The van der Waals surface area contributed by atoms with E-state index >= 15 is 0 Å². The molecule has 0 saturated carbocycles. The van der Waals surface area contributed by atoms with Gasteiger partial charge in [0.2, 0.25) is 0 Å². The summed E-state index contributed by atoms with van der Waals surface area (Å²) in [5, 5.41) is 0. The third-order valence-corrected chi connectivity index (χ3v) is 2.31. The number of hydrogen-bond acceptors (Lipinski definition) is 1. The van der Waals surface area contributed by atoms with Crippen LogP contribution in [0.2, 0.25) is 0 Å². The summed E-state index contributed by atoms with van der Waals surface area (Å²) < 4.78 is 5.39. The maximum atomic E-state index is 5.39. The Morgan fingerprint density at radius 2 is 1.80 bits per heavy atom. The van der Waals surface area contributed by atoms with Crippen LogP contribution in [0.25, 0.3) is 11.3 Å². The molecule has 2 aromatic rings. The molecule has 0 atom stereocenters. The SMILES string of the molecule is CCOc1ccc(-c2ccc(C)[nH]2)cc1. The highest BCUT2D eigenvalue weighted by molar-refractivity contribution is 5.60. The average molecular weight is 201 g/mol. The number of benzene rings is 1. The fourth-order valence-electron chi connectivity index (χ4n) is 1.57. The van der Waals surface area contributed by atoms with E-state index in [4.69, 9.17) is 4.74 Å². The van der Waals surface area contributed by atoms with Crippen LogP contribution in [0, 0.1) is 6.92 Å². The Morgan fingerprint density at radius 1 is 1.07 bits per heavy atom. The molecule has 15 heavy (non-hydrogen) atoms. The zero-order valence-corrected chi connectivity index (χ0v) is 9.08. The van der Waals surface area contributed by atoms with Gasteiger partial charge in [0.1, 0.15) is 5.75 Å². The minimum Gasteiger partial charge on any atom is -0.494 e. The van der Waals surface area contributed by atoms with Crippen LogP contribution in [0.5, 0.6) is 5.75 Å². The van der Waals surface area contributed by atoms with Crippen molar-refractivity contribution in [1.82, 2.24) is 4.98 Å². The van der Waals surface area contributed by atoms with Crippen LogP contribution < -0.4 is 4.74 Å². The number of nitrogens with one attached hydrogen (secondary N) is 1. The Hall–Kier alpha value is -1.70. The number of ether oxygens (including phenoxy) is 1. The highest BCUT2D eigenvalue weighted by atomic mass is 16.5. The molecule has 2 heteroatoms. The van der Waals surface area contributed by atoms with Crippen LogP contribution in [-0.4, -0.2) is 11.6 Å². The van der Waals surface area contributed by atoms with E-state index in [2.05, 4.69) is 36.2 Å². The molecule has 0 aliphatic rings. The van der Waals surface area contributed by atoms with Gasteiger partial charge in [-0.1, -0.05) is 0 Å². The molecule has 0 aliphatic heterocycles. The van der Waals surface area contributed by atoms with Crippen LogP contribution in [0.3, 0.4) is 0 Å². The molecule has 0 unspecified atom stereocenters. The van der Waals surface area contributed by atoms with Gasteiger partial charge in [-0.25, -0.2) is 0 Å². The second kappa shape index (κ2) is 4.22. The first-order valence-corrected chi connectivity index (χ1v) is 5.18. The van der Waals surface area contributed by atoms with Gasteiger partial charge in [0, 0.05) is 11.4 Å². The molecule has 1 aromatic heterocycles. The molecular weight excluding hydrogens is 186 g/mol. The molecule has 78 valence electrons. The monoisotopic (exact) mass is 201 g/mol. The van der Waals surface area contributed by atoms with Crippen LogP contribution in [-0.2, 0) is 0 Å². The molecule has 0 aliphatic carbocycles. The zero-order valence-electron chi connectivity index (χ0n) is 9.08. The topological polar surface area (TPSA) is 25.0 Å². The lowest BCUT2D eigenvalue weighted by atomic mass is 10.1. The summed E-state index contributed by atoms with van der Waals surface area (Å²) in [7, 11) is 0. The number of hydrogen-bond donors (Lipinski definition) is 1. The smallest absolute Gasteiger partial charge is 0.119 e. The van der Waals surface area contributed by atoms with Crippen molar-refractivity contribution in [3.8, 4) is 17.0 Å². The zero-order chi connectivity index (χ0) is 10.7. The quantitative estimate of drug-likeness (QED) is 0.809. The van der Waals surface area contributed by atoms with Crippen molar-refractivity contribution in [1.29, 1.82) is 0 Å². The van der Waals surface area contributed by atoms with Crippen molar-refractivity contribution in [2.24, 2.45) is 0 Å². The highest BCUT2D eigenvalue weighted by Gasteiger charge is 1.99. The molecule has 0 saturated heterocycles. The Bertz CT molecular complexity index is 428. The summed E-state index contributed by atoms with van der Waals surface area (Å²) in [5.74, 6) is 0.921. The fraction of sp³-hybridized carbons (Fsp3) is 0.231. The molecule has 0 spiro atoms. The molecule has 2 rings (SSSR count). The van der Waals surface area contributed by atoms with E-state index in [9.17, 15) is 0 Å². The maximum absolute atomic E-state index is 5.39. The Labute approximate surface area is 89.9 Å². The summed E-state index contributed by atoms with van der Waals surface area (Å²) in [6.07, 6.45) is 0. The van der Waals surface area contributed by atoms with Crippen molar-refractivity contribution in [2.75, 3.05) is 6.61 Å². The van der Waals surface area contributed by atoms with E-state index in [1.54, 1.807) is 0 Å². The average Bonchev–Trinajstić information content (AvgIpc) is 2.67. The number of aryl methyl sites for hydroxylation is 1. The lowest BCUT2D eigenvalue weighted by Crippen LogP contribution is -1.90. The first-order chi connectivity index (χ1) is 7.29. The van der Waals surface area contributed by atoms with Gasteiger partial charge >= 0.3 is 0 Å². The van der Waals surface area contributed by atoms with Crippen molar-refractivity contribution in [3.05, 3.63) is 42.1 Å². The molecule has 2 nitrogen and oxygen atoms in total. The van der Waals surface area contributed by atoms with Gasteiger partial charge in [-0.3, -0.25) is 0 Å². The first kappa shape index (κ1) is 9.84. The maximum Gasteiger partial charge on any atom is 0.119 e. The predicted molar refractivity (Wildman–Crippen MR) is 62.1 cm³/mol. The Kier molecular flexibility index (Phi) is 2.77. The Morgan fingerprint density at radius 3 is 2.33 bits per heavy atom. The minimum atomic E-state index is 0.709. The summed E-state index contributed by atoms with van der Waals surface area (Å²) in [6.45, 7) is 4.75. The van der Waals surface area contributed by atoms with Gasteiger partial charge in [-0.05, 0) is 55.8 Å². The van der Waals surface area contributed by atoms with Crippen LogP contribution in [0.15, 0.2) is 36.4 Å². The molecule has 0 fully saturated rings. The first-order valence-electron chi connectivity index (χ1n) is 5.18. The standard InChI is InChI=1S/C13H15NO/c1-3-15-12-7-5-11(6-8-12)13-9-4-10(2)14-13/h4-9,14H,3H2,1-2H3. The largest absolute Gasteiger partial charge is 0.494 e. The molecule has 1 heterocycles. The lowest BCUT2D eigenvalue weighted by Gasteiger charge is -2.03. The third-order valence-electron chi connectivity index (χ3n) is 2.31. The summed E-state index contributed by atoms with van der Waals surface area (Å²) in [6, 6.07) is 12.3. The lowest BCUT2D eigenvalue weighted by molar-refractivity contribution is 0.340.